The van der Waals surface area contributed by atoms with E-state index in [0.717, 1.165) is 35.8 Å². The summed E-state index contributed by atoms with van der Waals surface area (Å²) in [6.07, 6.45) is 11.3. The molecule has 0 saturated carbocycles. The number of methoxy groups -OCH3 is 1. The summed E-state index contributed by atoms with van der Waals surface area (Å²) in [6, 6.07) is 8.53. The smallest absolute Gasteiger partial charge is 0.288 e. The predicted octanol–water partition coefficient (Wildman–Crippen LogP) is 4.02. The molecule has 1 heterocycles. The SMILES string of the molecule is COc1c(NC(=O)c2ccc(C)c(N(N)C=C(N)c3c[nH]c(C(O)C4=CCCC=C4)[n+]3C)c2)cc(C(C)(C)C)cc1NS(C)(=O)=O. The third-order valence-corrected chi connectivity index (χ3v) is 8.29. The number of sulfonamides is 1. The largest absolute Gasteiger partial charge is 0.492 e. The highest BCUT2D eigenvalue weighted by Gasteiger charge is 2.27. The van der Waals surface area contributed by atoms with Crippen molar-refractivity contribution in [2.45, 2.75) is 52.1 Å². The fourth-order valence-corrected chi connectivity index (χ4v) is 5.71. The van der Waals surface area contributed by atoms with Gasteiger partial charge in [-0.25, -0.2) is 23.8 Å². The number of nitrogens with two attached hydrogens (primary N) is 2. The van der Waals surface area contributed by atoms with Crippen molar-refractivity contribution >= 4 is 38.7 Å². The molecule has 0 spiro atoms. The van der Waals surface area contributed by atoms with E-state index in [1.54, 1.807) is 54.3 Å². The Morgan fingerprint density at radius 1 is 1.20 bits per heavy atom. The monoisotopic (exact) mass is 650 g/mol. The number of rotatable bonds is 10. The van der Waals surface area contributed by atoms with E-state index in [0.29, 0.717) is 34.2 Å². The second-order valence-electron chi connectivity index (χ2n) is 12.4. The minimum absolute atomic E-state index is 0.176. The molecule has 1 unspecified atom stereocenters. The number of H-pyrrole nitrogens is 1. The molecule has 46 heavy (non-hydrogen) atoms. The van der Waals surface area contributed by atoms with E-state index in [-0.39, 0.29) is 16.9 Å². The van der Waals surface area contributed by atoms with Gasteiger partial charge in [-0.15, -0.1) is 0 Å². The number of allylic oxidation sites excluding steroid dienone is 2. The van der Waals surface area contributed by atoms with E-state index in [1.807, 2.05) is 45.9 Å². The van der Waals surface area contributed by atoms with Gasteiger partial charge >= 0.3 is 0 Å². The number of aromatic nitrogens is 2. The van der Waals surface area contributed by atoms with Gasteiger partial charge in [0.1, 0.15) is 11.9 Å². The quantitative estimate of drug-likeness (QED) is 0.108. The van der Waals surface area contributed by atoms with Crippen LogP contribution in [0.3, 0.4) is 0 Å². The van der Waals surface area contributed by atoms with E-state index in [2.05, 4.69) is 15.0 Å². The van der Waals surface area contributed by atoms with Crippen LogP contribution in [0, 0.1) is 6.92 Å². The van der Waals surface area contributed by atoms with Crippen LogP contribution in [-0.2, 0) is 22.5 Å². The Labute approximate surface area is 270 Å². The van der Waals surface area contributed by atoms with Crippen molar-refractivity contribution < 1.29 is 27.6 Å². The number of nitrogens with zero attached hydrogens (tertiary/aromatic N) is 2. The number of imidazole rings is 1. The predicted molar refractivity (Wildman–Crippen MR) is 182 cm³/mol. The fraction of sp³-hybridized carbons (Fsp3) is 0.333. The number of aliphatic hydroxyl groups excluding tert-OH is 1. The van der Waals surface area contributed by atoms with Gasteiger partial charge in [0.2, 0.25) is 10.0 Å². The Bertz CT molecular complexity index is 1830. The summed E-state index contributed by atoms with van der Waals surface area (Å²) >= 11 is 0. The summed E-state index contributed by atoms with van der Waals surface area (Å²) in [4.78, 5) is 16.7. The molecule has 0 aliphatic heterocycles. The van der Waals surface area contributed by atoms with Gasteiger partial charge in [-0.3, -0.25) is 14.5 Å². The normalized spacial score (nSPS) is 14.5. The van der Waals surface area contributed by atoms with Crippen molar-refractivity contribution in [1.29, 1.82) is 0 Å². The molecular formula is C33H44N7O5S+. The maximum atomic E-state index is 13.6. The average molecular weight is 651 g/mol. The minimum Gasteiger partial charge on any atom is -0.492 e. The summed E-state index contributed by atoms with van der Waals surface area (Å²) in [5.74, 6) is 6.75. The molecule has 0 fully saturated rings. The van der Waals surface area contributed by atoms with E-state index in [1.165, 1.54) is 12.1 Å². The summed E-state index contributed by atoms with van der Waals surface area (Å²) in [5, 5.41) is 15.1. The van der Waals surface area contributed by atoms with Gasteiger partial charge in [-0.2, -0.15) is 0 Å². The number of anilines is 3. The van der Waals surface area contributed by atoms with E-state index in [9.17, 15) is 18.3 Å². The molecule has 8 N–H and O–H groups in total. The highest BCUT2D eigenvalue weighted by molar-refractivity contribution is 7.92. The van der Waals surface area contributed by atoms with E-state index >= 15 is 0 Å². The van der Waals surface area contributed by atoms with Crippen LogP contribution in [0.4, 0.5) is 17.1 Å². The Balaban J connectivity index is 1.62. The van der Waals surface area contributed by atoms with Crippen LogP contribution in [0.15, 0.2) is 66.5 Å². The second kappa shape index (κ2) is 13.4. The highest BCUT2D eigenvalue weighted by Crippen LogP contribution is 2.39. The molecule has 1 aliphatic carbocycles. The molecule has 0 bridgehead atoms. The lowest BCUT2D eigenvalue weighted by Crippen LogP contribution is -2.38. The molecule has 1 atom stereocenters. The molecule has 12 nitrogen and oxygen atoms in total. The third-order valence-electron chi connectivity index (χ3n) is 7.70. The van der Waals surface area contributed by atoms with Crippen molar-refractivity contribution in [3.8, 4) is 5.75 Å². The van der Waals surface area contributed by atoms with Crippen molar-refractivity contribution in [3.05, 3.63) is 94.7 Å². The van der Waals surface area contributed by atoms with Gasteiger partial charge in [0.15, 0.2) is 17.5 Å². The molecule has 1 amide bonds. The fourth-order valence-electron chi connectivity index (χ4n) is 5.16. The van der Waals surface area contributed by atoms with Crippen LogP contribution in [0.25, 0.3) is 5.70 Å². The lowest BCUT2D eigenvalue weighted by Gasteiger charge is -2.24. The minimum atomic E-state index is -3.63. The van der Waals surface area contributed by atoms with Crippen molar-refractivity contribution in [2.75, 3.05) is 28.4 Å². The number of hydrogen-bond donors (Lipinski definition) is 6. The number of hydrogen-bond acceptors (Lipinski definition) is 8. The maximum absolute atomic E-state index is 13.6. The number of aryl methyl sites for hydroxylation is 1. The van der Waals surface area contributed by atoms with Crippen molar-refractivity contribution in [1.82, 2.24) is 4.98 Å². The van der Waals surface area contributed by atoms with Gasteiger partial charge in [0.25, 0.3) is 11.7 Å². The number of ether oxygens (including phenoxy) is 1. The van der Waals surface area contributed by atoms with Crippen molar-refractivity contribution in [2.24, 2.45) is 18.6 Å². The first-order valence-corrected chi connectivity index (χ1v) is 16.6. The summed E-state index contributed by atoms with van der Waals surface area (Å²) in [6.45, 7) is 7.80. The Hall–Kier alpha value is -4.59. The molecule has 3 aromatic rings. The maximum Gasteiger partial charge on any atom is 0.288 e. The first-order chi connectivity index (χ1) is 21.5. The van der Waals surface area contributed by atoms with Gasteiger partial charge in [0.05, 0.1) is 37.5 Å². The number of hydrazine groups is 1. The number of nitrogens with one attached hydrogen (secondary N) is 3. The van der Waals surface area contributed by atoms with E-state index in [4.69, 9.17) is 16.3 Å². The molecule has 1 aromatic heterocycles. The zero-order valence-electron chi connectivity index (χ0n) is 27.3. The summed E-state index contributed by atoms with van der Waals surface area (Å²) in [7, 11) is -0.425. The summed E-state index contributed by atoms with van der Waals surface area (Å²) in [5.41, 5.74) is 10.8. The number of benzene rings is 2. The standard InChI is InChI=1S/C33H43N7O5S/c1-20-13-14-22(32(42)37-25-16-23(33(2,3)4)17-26(30(25)45-6)38-46(7,43)44)15-27(20)40(35)19-24(34)28-18-36-31(39(28)5)29(41)21-11-9-8-10-12-21/h9,11-19,29,38,41H,8,10,34-35H2,1-7H3,(H,37,42)/p+1. The van der Waals surface area contributed by atoms with E-state index < -0.39 is 22.0 Å². The van der Waals surface area contributed by atoms with Gasteiger partial charge in [-0.05, 0) is 66.1 Å². The first-order valence-electron chi connectivity index (χ1n) is 14.8. The highest BCUT2D eigenvalue weighted by atomic mass is 32.2. The number of aliphatic hydroxyl groups is 1. The lowest BCUT2D eigenvalue weighted by molar-refractivity contribution is -0.683. The summed E-state index contributed by atoms with van der Waals surface area (Å²) < 4.78 is 34.0. The third kappa shape index (κ3) is 7.79. The number of carbonyl (C=O) groups excluding carboxylic acids is 1. The Morgan fingerprint density at radius 3 is 2.50 bits per heavy atom. The molecule has 246 valence electrons. The molecule has 1 aliphatic rings. The average Bonchev–Trinajstić information content (AvgIpc) is 3.37. The molecule has 2 aromatic carbocycles. The number of aromatic amines is 1. The van der Waals surface area contributed by atoms with Gasteiger partial charge in [-0.1, -0.05) is 45.1 Å². The molecule has 0 saturated heterocycles. The Kier molecular flexibility index (Phi) is 10.00. The van der Waals surface area contributed by atoms with Crippen LogP contribution >= 0.6 is 0 Å². The van der Waals surface area contributed by atoms with Crippen LogP contribution in [0.2, 0.25) is 0 Å². The zero-order chi connectivity index (χ0) is 34.0. The van der Waals surface area contributed by atoms with Gasteiger partial charge in [0, 0.05) is 11.8 Å². The van der Waals surface area contributed by atoms with Crippen LogP contribution in [-0.4, -0.2) is 37.8 Å². The van der Waals surface area contributed by atoms with Crippen LogP contribution < -0.4 is 35.9 Å². The molecule has 13 heteroatoms. The number of carbonyl (C=O) groups is 1. The molecular weight excluding hydrogens is 606 g/mol. The first kappa shape index (κ1) is 34.3. The lowest BCUT2D eigenvalue weighted by atomic mass is 9.86. The number of amides is 1. The van der Waals surface area contributed by atoms with Crippen molar-refractivity contribution in [3.63, 3.8) is 0 Å². The molecule has 4 rings (SSSR count). The Morgan fingerprint density at radius 2 is 1.89 bits per heavy atom. The topological polar surface area (TPSA) is 180 Å². The van der Waals surface area contributed by atoms with Crippen LogP contribution in [0.5, 0.6) is 5.75 Å². The van der Waals surface area contributed by atoms with Crippen LogP contribution in [0.1, 0.15) is 72.7 Å². The van der Waals surface area contributed by atoms with Gasteiger partial charge < -0.3 is 20.9 Å². The second-order valence-corrected chi connectivity index (χ2v) is 14.1. The molecule has 0 radical (unpaired) electrons. The zero-order valence-corrected chi connectivity index (χ0v) is 28.1.